The first-order chi connectivity index (χ1) is 5.34. The normalized spacial score (nSPS) is 20.5. The van der Waals surface area contributed by atoms with E-state index in [-0.39, 0.29) is 0 Å². The molecule has 64 valence electrons. The van der Waals surface area contributed by atoms with Crippen LogP contribution in [0.15, 0.2) is 11.8 Å². The van der Waals surface area contributed by atoms with Crippen molar-refractivity contribution in [2.45, 2.75) is 20.3 Å². The SMILES string of the molecule is CC/C=C(/C)N1CCNCC1. The average molecular weight is 154 g/mol. The van der Waals surface area contributed by atoms with Crippen molar-refractivity contribution in [1.82, 2.24) is 10.2 Å². The van der Waals surface area contributed by atoms with Crippen molar-refractivity contribution < 1.29 is 0 Å². The first-order valence-corrected chi connectivity index (χ1v) is 4.47. The van der Waals surface area contributed by atoms with Crippen LogP contribution in [0.2, 0.25) is 0 Å². The fraction of sp³-hybridized carbons (Fsp3) is 0.778. The molecule has 0 aromatic carbocycles. The van der Waals surface area contributed by atoms with Crippen molar-refractivity contribution in [3.8, 4) is 0 Å². The zero-order valence-electron chi connectivity index (χ0n) is 7.56. The molecule has 1 heterocycles. The van der Waals surface area contributed by atoms with E-state index < -0.39 is 0 Å². The Labute approximate surface area is 69.3 Å². The van der Waals surface area contributed by atoms with Gasteiger partial charge in [-0.15, -0.1) is 0 Å². The molecule has 0 bridgehead atoms. The Morgan fingerprint density at radius 2 is 2.09 bits per heavy atom. The zero-order valence-corrected chi connectivity index (χ0v) is 7.56. The molecule has 0 spiro atoms. The third-order valence-corrected chi connectivity index (χ3v) is 2.12. The van der Waals surface area contributed by atoms with Crippen molar-refractivity contribution in [3.63, 3.8) is 0 Å². The van der Waals surface area contributed by atoms with Gasteiger partial charge in [-0.2, -0.15) is 0 Å². The summed E-state index contributed by atoms with van der Waals surface area (Å²) in [7, 11) is 0. The van der Waals surface area contributed by atoms with E-state index in [1.54, 1.807) is 0 Å². The van der Waals surface area contributed by atoms with Crippen molar-refractivity contribution in [1.29, 1.82) is 0 Å². The lowest BCUT2D eigenvalue weighted by Crippen LogP contribution is -2.42. The third kappa shape index (κ3) is 2.54. The van der Waals surface area contributed by atoms with Gasteiger partial charge in [-0.1, -0.05) is 13.0 Å². The second-order valence-electron chi connectivity index (χ2n) is 2.99. The first-order valence-electron chi connectivity index (χ1n) is 4.47. The number of allylic oxidation sites excluding steroid dienone is 2. The predicted octanol–water partition coefficient (Wildman–Crippen LogP) is 1.21. The summed E-state index contributed by atoms with van der Waals surface area (Å²) in [4.78, 5) is 2.44. The molecule has 1 N–H and O–H groups in total. The van der Waals surface area contributed by atoms with Crippen LogP contribution in [0.5, 0.6) is 0 Å². The molecule has 1 aliphatic rings. The van der Waals surface area contributed by atoms with Gasteiger partial charge in [0.15, 0.2) is 0 Å². The molecule has 1 saturated heterocycles. The lowest BCUT2D eigenvalue weighted by Gasteiger charge is -2.30. The van der Waals surface area contributed by atoms with Crippen LogP contribution in [-0.4, -0.2) is 31.1 Å². The Morgan fingerprint density at radius 3 is 2.64 bits per heavy atom. The van der Waals surface area contributed by atoms with E-state index in [2.05, 4.69) is 30.1 Å². The minimum absolute atomic E-state index is 1.13. The van der Waals surface area contributed by atoms with E-state index in [0.717, 1.165) is 19.5 Å². The molecular weight excluding hydrogens is 136 g/mol. The van der Waals surface area contributed by atoms with E-state index in [4.69, 9.17) is 0 Å². The van der Waals surface area contributed by atoms with Gasteiger partial charge in [-0.3, -0.25) is 0 Å². The molecule has 2 nitrogen and oxygen atoms in total. The molecular formula is C9H18N2. The number of nitrogens with one attached hydrogen (secondary N) is 1. The maximum absolute atomic E-state index is 3.34. The van der Waals surface area contributed by atoms with Gasteiger partial charge >= 0.3 is 0 Å². The van der Waals surface area contributed by atoms with Crippen molar-refractivity contribution >= 4 is 0 Å². The average Bonchev–Trinajstić information content (AvgIpc) is 2.07. The Balaban J connectivity index is 2.38. The predicted molar refractivity (Wildman–Crippen MR) is 48.5 cm³/mol. The lowest BCUT2D eigenvalue weighted by atomic mass is 10.3. The minimum atomic E-state index is 1.13. The second kappa shape index (κ2) is 4.39. The number of hydrogen-bond acceptors (Lipinski definition) is 2. The highest BCUT2D eigenvalue weighted by Gasteiger charge is 2.07. The van der Waals surface area contributed by atoms with Crippen LogP contribution in [-0.2, 0) is 0 Å². The van der Waals surface area contributed by atoms with Crippen molar-refractivity contribution in [3.05, 3.63) is 11.8 Å². The summed E-state index contributed by atoms with van der Waals surface area (Å²) >= 11 is 0. The second-order valence-corrected chi connectivity index (χ2v) is 2.99. The van der Waals surface area contributed by atoms with E-state index in [9.17, 15) is 0 Å². The van der Waals surface area contributed by atoms with Gasteiger partial charge in [0.1, 0.15) is 0 Å². The summed E-state index contributed by atoms with van der Waals surface area (Å²) in [5.41, 5.74) is 1.44. The molecule has 1 aliphatic heterocycles. The van der Waals surface area contributed by atoms with Crippen molar-refractivity contribution in [2.75, 3.05) is 26.2 Å². The van der Waals surface area contributed by atoms with Gasteiger partial charge < -0.3 is 10.2 Å². The molecule has 1 rings (SSSR count). The van der Waals surface area contributed by atoms with E-state index in [1.807, 2.05) is 0 Å². The molecule has 0 radical (unpaired) electrons. The van der Waals surface area contributed by atoms with Gasteiger partial charge in [-0.25, -0.2) is 0 Å². The standard InChI is InChI=1S/C9H18N2/c1-3-4-9(2)11-7-5-10-6-8-11/h4,10H,3,5-8H2,1-2H3/b9-4-. The summed E-state index contributed by atoms with van der Waals surface area (Å²) in [6, 6.07) is 0. The Hall–Kier alpha value is -0.500. The van der Waals surface area contributed by atoms with Crippen LogP contribution in [0.4, 0.5) is 0 Å². The summed E-state index contributed by atoms with van der Waals surface area (Å²) in [5.74, 6) is 0. The maximum atomic E-state index is 3.34. The molecule has 0 aromatic rings. The Morgan fingerprint density at radius 1 is 1.45 bits per heavy atom. The minimum Gasteiger partial charge on any atom is -0.373 e. The van der Waals surface area contributed by atoms with Gasteiger partial charge in [0.25, 0.3) is 0 Å². The summed E-state index contributed by atoms with van der Waals surface area (Å²) < 4.78 is 0. The fourth-order valence-corrected chi connectivity index (χ4v) is 1.44. The van der Waals surface area contributed by atoms with Crippen LogP contribution >= 0.6 is 0 Å². The van der Waals surface area contributed by atoms with E-state index >= 15 is 0 Å². The third-order valence-electron chi connectivity index (χ3n) is 2.12. The van der Waals surface area contributed by atoms with Gasteiger partial charge in [0.2, 0.25) is 0 Å². The monoisotopic (exact) mass is 154 g/mol. The van der Waals surface area contributed by atoms with Crippen LogP contribution in [0.3, 0.4) is 0 Å². The lowest BCUT2D eigenvalue weighted by molar-refractivity contribution is 0.299. The summed E-state index contributed by atoms with van der Waals surface area (Å²) in [5, 5.41) is 3.34. The van der Waals surface area contributed by atoms with Crippen LogP contribution in [0.1, 0.15) is 20.3 Å². The highest BCUT2D eigenvalue weighted by molar-refractivity contribution is 4.98. The smallest absolute Gasteiger partial charge is 0.0300 e. The van der Waals surface area contributed by atoms with Crippen LogP contribution < -0.4 is 5.32 Å². The highest BCUT2D eigenvalue weighted by Crippen LogP contribution is 2.04. The maximum Gasteiger partial charge on any atom is 0.0300 e. The number of piperazine rings is 1. The summed E-state index contributed by atoms with van der Waals surface area (Å²) in [6.45, 7) is 9.00. The van der Waals surface area contributed by atoms with Crippen molar-refractivity contribution in [2.24, 2.45) is 0 Å². The molecule has 11 heavy (non-hydrogen) atoms. The Bertz CT molecular complexity index is 134. The zero-order chi connectivity index (χ0) is 8.10. The molecule has 0 atom stereocenters. The van der Waals surface area contributed by atoms with Gasteiger partial charge in [0, 0.05) is 31.9 Å². The Kier molecular flexibility index (Phi) is 3.43. The first kappa shape index (κ1) is 8.60. The molecule has 0 aliphatic carbocycles. The topological polar surface area (TPSA) is 15.3 Å². The molecule has 1 fully saturated rings. The fourth-order valence-electron chi connectivity index (χ4n) is 1.44. The molecule has 0 saturated carbocycles. The number of rotatable bonds is 2. The largest absolute Gasteiger partial charge is 0.373 e. The molecule has 0 amide bonds. The van der Waals surface area contributed by atoms with Gasteiger partial charge in [0.05, 0.1) is 0 Å². The number of nitrogens with zero attached hydrogens (tertiary/aromatic N) is 1. The summed E-state index contributed by atoms with van der Waals surface area (Å²) in [6.07, 6.45) is 3.45. The van der Waals surface area contributed by atoms with E-state index in [1.165, 1.54) is 18.8 Å². The number of hydrogen-bond donors (Lipinski definition) is 1. The van der Waals surface area contributed by atoms with E-state index in [0.29, 0.717) is 0 Å². The van der Waals surface area contributed by atoms with Crippen LogP contribution in [0, 0.1) is 0 Å². The quantitative estimate of drug-likeness (QED) is 0.643. The molecule has 0 unspecified atom stereocenters. The highest BCUT2D eigenvalue weighted by atomic mass is 15.2. The molecule has 2 heteroatoms. The van der Waals surface area contributed by atoms with Gasteiger partial charge in [-0.05, 0) is 13.3 Å². The molecule has 0 aromatic heterocycles. The van der Waals surface area contributed by atoms with Crippen LogP contribution in [0.25, 0.3) is 0 Å².